The zero-order valence-corrected chi connectivity index (χ0v) is 22.3. The molecule has 0 saturated carbocycles. The van der Waals surface area contributed by atoms with E-state index in [2.05, 4.69) is 22.1 Å². The van der Waals surface area contributed by atoms with Crippen LogP contribution < -0.4 is 15.8 Å². The van der Waals surface area contributed by atoms with Crippen molar-refractivity contribution in [1.29, 1.82) is 0 Å². The number of carbonyl (C=O) groups excluding carboxylic acids is 2. The highest BCUT2D eigenvalue weighted by atomic mass is 19.1. The van der Waals surface area contributed by atoms with Gasteiger partial charge < -0.3 is 19.9 Å². The number of ether oxygens (including phenoxy) is 1. The number of anilines is 1. The molecule has 0 bridgehead atoms. The van der Waals surface area contributed by atoms with Crippen LogP contribution in [-0.2, 0) is 11.3 Å². The molecule has 1 aliphatic rings. The lowest BCUT2D eigenvalue weighted by Crippen LogP contribution is -2.40. The summed E-state index contributed by atoms with van der Waals surface area (Å²) < 4.78 is 20.6. The fourth-order valence-electron chi connectivity index (χ4n) is 5.21. The molecular weight excluding hydrogens is 485 g/mol. The van der Waals surface area contributed by atoms with Crippen LogP contribution in [0.4, 0.5) is 10.1 Å². The van der Waals surface area contributed by atoms with E-state index >= 15 is 4.39 Å². The van der Waals surface area contributed by atoms with Crippen molar-refractivity contribution in [3.63, 3.8) is 0 Å². The van der Waals surface area contributed by atoms with Gasteiger partial charge in [-0.3, -0.25) is 14.4 Å². The van der Waals surface area contributed by atoms with E-state index in [1.165, 1.54) is 6.07 Å². The van der Waals surface area contributed by atoms with Crippen molar-refractivity contribution in [2.24, 2.45) is 0 Å². The molecule has 0 atom stereocenters. The van der Waals surface area contributed by atoms with E-state index in [9.17, 15) is 14.4 Å². The quantitative estimate of drug-likeness (QED) is 0.415. The highest BCUT2D eigenvalue weighted by Crippen LogP contribution is 2.35. The van der Waals surface area contributed by atoms with Gasteiger partial charge in [0.15, 0.2) is 0 Å². The number of rotatable bonds is 8. The fraction of sp³-hybridized carbons (Fsp3) is 0.367. The highest BCUT2D eigenvalue weighted by molar-refractivity contribution is 5.99. The van der Waals surface area contributed by atoms with Crippen LogP contribution in [0.2, 0.25) is 0 Å². The smallest absolute Gasteiger partial charge is 0.253 e. The number of aromatic amines is 1. The molecule has 3 aromatic rings. The Hall–Kier alpha value is -3.78. The molecule has 2 N–H and O–H groups in total. The van der Waals surface area contributed by atoms with Crippen LogP contribution in [0, 0.1) is 26.6 Å². The molecule has 1 amide bonds. The Morgan fingerprint density at radius 2 is 1.89 bits per heavy atom. The van der Waals surface area contributed by atoms with Crippen molar-refractivity contribution in [3.8, 4) is 11.1 Å². The molecule has 2 heterocycles. The number of H-pyrrole nitrogens is 1. The lowest BCUT2D eigenvalue weighted by Gasteiger charge is -2.37. The number of nitrogens with one attached hydrogen (secondary N) is 2. The highest BCUT2D eigenvalue weighted by Gasteiger charge is 2.25. The third kappa shape index (κ3) is 5.70. The SMILES string of the molecule is CCN(c1cc(-c2ccc(C=O)cc2F)cc(C(=O)NCc2c(C)cc(C)[nH]c2=O)c1C)C1CCOCC1. The second-order valence-corrected chi connectivity index (χ2v) is 9.78. The molecule has 8 heteroatoms. The summed E-state index contributed by atoms with van der Waals surface area (Å²) in [5.74, 6) is -0.885. The Kier molecular flexibility index (Phi) is 8.42. The van der Waals surface area contributed by atoms with E-state index in [4.69, 9.17) is 4.74 Å². The predicted octanol–water partition coefficient (Wildman–Crippen LogP) is 4.85. The van der Waals surface area contributed by atoms with Gasteiger partial charge in [0.1, 0.15) is 12.1 Å². The van der Waals surface area contributed by atoms with Gasteiger partial charge in [-0.2, -0.15) is 0 Å². The summed E-state index contributed by atoms with van der Waals surface area (Å²) in [6.07, 6.45) is 2.32. The molecule has 1 aliphatic heterocycles. The van der Waals surface area contributed by atoms with Gasteiger partial charge in [0.05, 0.1) is 0 Å². The zero-order valence-electron chi connectivity index (χ0n) is 22.3. The minimum Gasteiger partial charge on any atom is -0.381 e. The average molecular weight is 520 g/mol. The van der Waals surface area contributed by atoms with Gasteiger partial charge in [-0.25, -0.2) is 4.39 Å². The second kappa shape index (κ2) is 11.7. The summed E-state index contributed by atoms with van der Waals surface area (Å²) in [7, 11) is 0. The number of amides is 1. The molecule has 200 valence electrons. The predicted molar refractivity (Wildman–Crippen MR) is 147 cm³/mol. The minimum absolute atomic E-state index is 0.0686. The number of aryl methyl sites for hydroxylation is 2. The van der Waals surface area contributed by atoms with Crippen LogP contribution in [0.5, 0.6) is 0 Å². The molecule has 38 heavy (non-hydrogen) atoms. The molecule has 1 fully saturated rings. The van der Waals surface area contributed by atoms with Gasteiger partial charge in [0.2, 0.25) is 0 Å². The Morgan fingerprint density at radius 3 is 2.53 bits per heavy atom. The van der Waals surface area contributed by atoms with E-state index in [0.717, 1.165) is 35.3 Å². The van der Waals surface area contributed by atoms with Crippen LogP contribution >= 0.6 is 0 Å². The zero-order chi connectivity index (χ0) is 27.4. The first-order valence-corrected chi connectivity index (χ1v) is 12.9. The first-order valence-electron chi connectivity index (χ1n) is 12.9. The Labute approximate surface area is 222 Å². The maximum atomic E-state index is 15.1. The van der Waals surface area contributed by atoms with Gasteiger partial charge in [-0.15, -0.1) is 0 Å². The summed E-state index contributed by atoms with van der Waals surface area (Å²) >= 11 is 0. The number of aldehydes is 1. The van der Waals surface area contributed by atoms with Crippen molar-refractivity contribution < 1.29 is 18.7 Å². The molecule has 7 nitrogen and oxygen atoms in total. The van der Waals surface area contributed by atoms with Gasteiger partial charge in [-0.1, -0.05) is 12.1 Å². The third-order valence-corrected chi connectivity index (χ3v) is 7.27. The summed E-state index contributed by atoms with van der Waals surface area (Å²) in [5.41, 5.74) is 4.94. The number of aromatic nitrogens is 1. The number of benzene rings is 2. The lowest BCUT2D eigenvalue weighted by atomic mass is 9.94. The lowest BCUT2D eigenvalue weighted by molar-refractivity contribution is 0.0846. The van der Waals surface area contributed by atoms with Crippen molar-refractivity contribution in [3.05, 3.63) is 86.1 Å². The Bertz CT molecular complexity index is 1410. The molecule has 4 rings (SSSR count). The minimum atomic E-state index is -0.535. The molecule has 0 radical (unpaired) electrons. The van der Waals surface area contributed by atoms with E-state index in [1.807, 2.05) is 32.9 Å². The number of pyridine rings is 1. The van der Waals surface area contributed by atoms with Crippen LogP contribution in [0.15, 0.2) is 41.2 Å². The summed E-state index contributed by atoms with van der Waals surface area (Å²) in [4.78, 5) is 42.2. The van der Waals surface area contributed by atoms with Gasteiger partial charge in [0, 0.05) is 66.0 Å². The standard InChI is InChI=1S/C30H34FN3O4/c1-5-34(23-8-10-38-11-9-23)28-15-22(24-7-6-21(17-35)13-27(24)31)14-25(20(28)4)29(36)32-16-26-18(2)12-19(3)33-30(26)37/h6-7,12-15,17,23H,5,8-11,16H2,1-4H3,(H,32,36)(H,33,37). The van der Waals surface area contributed by atoms with Gasteiger partial charge >= 0.3 is 0 Å². The molecule has 1 saturated heterocycles. The van der Waals surface area contributed by atoms with Gasteiger partial charge in [0.25, 0.3) is 11.5 Å². The Balaban J connectivity index is 1.77. The number of carbonyl (C=O) groups is 2. The molecule has 0 aliphatic carbocycles. The maximum absolute atomic E-state index is 15.1. The van der Waals surface area contributed by atoms with Crippen LogP contribution in [0.3, 0.4) is 0 Å². The largest absolute Gasteiger partial charge is 0.381 e. The van der Waals surface area contributed by atoms with Crippen molar-refractivity contribution in [2.45, 2.75) is 53.1 Å². The number of hydrogen-bond donors (Lipinski definition) is 2. The number of hydrogen-bond acceptors (Lipinski definition) is 5. The van der Waals surface area contributed by atoms with Crippen LogP contribution in [0.25, 0.3) is 11.1 Å². The third-order valence-electron chi connectivity index (χ3n) is 7.27. The normalized spacial score (nSPS) is 13.8. The molecular formula is C30H34FN3O4. The number of halogens is 1. The molecule has 1 aromatic heterocycles. The van der Waals surface area contributed by atoms with E-state index in [1.54, 1.807) is 18.2 Å². The van der Waals surface area contributed by atoms with Crippen molar-refractivity contribution >= 4 is 17.9 Å². The summed E-state index contributed by atoms with van der Waals surface area (Å²) in [6, 6.07) is 10.0. The first-order chi connectivity index (χ1) is 18.2. The molecule has 0 spiro atoms. The monoisotopic (exact) mass is 519 g/mol. The topological polar surface area (TPSA) is 91.5 Å². The van der Waals surface area contributed by atoms with Crippen molar-refractivity contribution in [2.75, 3.05) is 24.7 Å². The van der Waals surface area contributed by atoms with Crippen LogP contribution in [-0.4, -0.2) is 43.0 Å². The fourth-order valence-corrected chi connectivity index (χ4v) is 5.21. The Morgan fingerprint density at radius 1 is 1.16 bits per heavy atom. The van der Waals surface area contributed by atoms with E-state index in [-0.39, 0.29) is 29.6 Å². The van der Waals surface area contributed by atoms with Crippen molar-refractivity contribution in [1.82, 2.24) is 10.3 Å². The number of nitrogens with zero attached hydrogens (tertiary/aromatic N) is 1. The summed E-state index contributed by atoms with van der Waals surface area (Å²) in [6.45, 7) is 9.72. The maximum Gasteiger partial charge on any atom is 0.253 e. The van der Waals surface area contributed by atoms with Gasteiger partial charge in [-0.05, 0) is 81.5 Å². The summed E-state index contributed by atoms with van der Waals surface area (Å²) in [5, 5.41) is 2.89. The molecule has 2 aromatic carbocycles. The van der Waals surface area contributed by atoms with Crippen LogP contribution in [0.1, 0.15) is 62.9 Å². The average Bonchev–Trinajstić information content (AvgIpc) is 2.90. The first kappa shape index (κ1) is 27.3. The molecule has 0 unspecified atom stereocenters. The second-order valence-electron chi connectivity index (χ2n) is 9.78. The van der Waals surface area contributed by atoms with E-state index in [0.29, 0.717) is 48.3 Å². The van der Waals surface area contributed by atoms with E-state index < -0.39 is 5.82 Å².